The number of anilines is 1. The van der Waals surface area contributed by atoms with Gasteiger partial charge in [0, 0.05) is 16.3 Å². The van der Waals surface area contributed by atoms with Crippen LogP contribution in [0.5, 0.6) is 0 Å². The van der Waals surface area contributed by atoms with E-state index in [0.717, 1.165) is 22.0 Å². The van der Waals surface area contributed by atoms with Crippen molar-refractivity contribution in [2.24, 2.45) is 4.99 Å². The summed E-state index contributed by atoms with van der Waals surface area (Å²) in [6, 6.07) is 47.4. The molecule has 40 heavy (non-hydrogen) atoms. The Hall–Kier alpha value is -4.93. The van der Waals surface area contributed by atoms with E-state index in [2.05, 4.69) is 149 Å². The smallest absolute Gasteiger partial charge is 0.209 e. The van der Waals surface area contributed by atoms with Crippen molar-refractivity contribution < 1.29 is 0 Å². The van der Waals surface area contributed by atoms with Gasteiger partial charge in [0.2, 0.25) is 5.96 Å². The fourth-order valence-corrected chi connectivity index (χ4v) is 6.70. The van der Waals surface area contributed by atoms with E-state index < -0.39 is 0 Å². The van der Waals surface area contributed by atoms with E-state index in [-0.39, 0.29) is 6.04 Å². The molecule has 0 radical (unpaired) electrons. The van der Waals surface area contributed by atoms with Crippen molar-refractivity contribution in [2.45, 2.75) is 6.04 Å². The number of aromatic nitrogens is 1. The van der Waals surface area contributed by atoms with Crippen LogP contribution in [0.4, 0.5) is 5.00 Å². The van der Waals surface area contributed by atoms with Crippen LogP contribution in [0.15, 0.2) is 144 Å². The first-order chi connectivity index (χ1) is 19.8. The molecule has 8 rings (SSSR count). The van der Waals surface area contributed by atoms with Gasteiger partial charge in [-0.15, -0.1) is 11.3 Å². The summed E-state index contributed by atoms with van der Waals surface area (Å²) in [5.41, 5.74) is 9.48. The Labute approximate surface area is 236 Å². The van der Waals surface area contributed by atoms with E-state index in [4.69, 9.17) is 4.99 Å². The number of hydrogen-bond donors (Lipinski definition) is 1. The number of nitrogens with one attached hydrogen (secondary N) is 1. The minimum Gasteiger partial charge on any atom is -0.317 e. The summed E-state index contributed by atoms with van der Waals surface area (Å²) in [4.78, 5) is 5.45. The van der Waals surface area contributed by atoms with E-state index >= 15 is 0 Å². The summed E-state index contributed by atoms with van der Waals surface area (Å²) in [7, 11) is 0. The van der Waals surface area contributed by atoms with Gasteiger partial charge in [-0.05, 0) is 69.6 Å². The maximum absolute atomic E-state index is 5.45. The second kappa shape index (κ2) is 9.37. The quantitative estimate of drug-likeness (QED) is 0.242. The predicted octanol–water partition coefficient (Wildman–Crippen LogP) is 9.61. The van der Waals surface area contributed by atoms with Gasteiger partial charge in [-0.3, -0.25) is 4.57 Å². The molecule has 1 atom stereocenters. The van der Waals surface area contributed by atoms with Gasteiger partial charge in [0.05, 0.1) is 11.0 Å². The summed E-state index contributed by atoms with van der Waals surface area (Å²) >= 11 is 1.73. The van der Waals surface area contributed by atoms with E-state index in [1.807, 2.05) is 0 Å². The van der Waals surface area contributed by atoms with Crippen LogP contribution in [-0.2, 0) is 0 Å². The highest BCUT2D eigenvalue weighted by atomic mass is 32.1. The minimum atomic E-state index is -0.136. The first-order valence-corrected chi connectivity index (χ1v) is 14.4. The molecule has 0 amide bonds. The molecule has 1 N–H and O–H groups in total. The lowest BCUT2D eigenvalue weighted by Gasteiger charge is -2.25. The zero-order valence-corrected chi connectivity index (χ0v) is 22.5. The highest BCUT2D eigenvalue weighted by Crippen LogP contribution is 2.42. The van der Waals surface area contributed by atoms with Crippen LogP contribution in [0.25, 0.3) is 44.1 Å². The number of benzene rings is 5. The van der Waals surface area contributed by atoms with Gasteiger partial charge in [-0.25, -0.2) is 4.99 Å². The van der Waals surface area contributed by atoms with Gasteiger partial charge >= 0.3 is 0 Å². The monoisotopic (exact) mass is 531 g/mol. The Kier molecular flexibility index (Phi) is 5.39. The van der Waals surface area contributed by atoms with Crippen LogP contribution in [0.2, 0.25) is 0 Å². The molecule has 5 aromatic carbocycles. The van der Waals surface area contributed by atoms with Gasteiger partial charge in [0.25, 0.3) is 0 Å². The maximum atomic E-state index is 5.45. The fraction of sp³-hybridized carbons (Fsp3) is 0.0278. The van der Waals surface area contributed by atoms with Gasteiger partial charge in [-0.1, -0.05) is 97.1 Å². The highest BCUT2D eigenvalue weighted by molar-refractivity contribution is 7.14. The third kappa shape index (κ3) is 3.76. The third-order valence-corrected chi connectivity index (χ3v) is 8.59. The van der Waals surface area contributed by atoms with Crippen molar-refractivity contribution in [1.82, 2.24) is 4.57 Å². The molecule has 3 nitrogen and oxygen atoms in total. The summed E-state index contributed by atoms with van der Waals surface area (Å²) in [5, 5.41) is 9.45. The second-order valence-electron chi connectivity index (χ2n) is 10.1. The molecule has 1 aliphatic heterocycles. The van der Waals surface area contributed by atoms with Crippen LogP contribution in [0.1, 0.15) is 17.2 Å². The van der Waals surface area contributed by atoms with Gasteiger partial charge in [-0.2, -0.15) is 0 Å². The largest absolute Gasteiger partial charge is 0.317 e. The molecular formula is C36H25N3S. The molecule has 0 aliphatic carbocycles. The van der Waals surface area contributed by atoms with Crippen molar-refractivity contribution >= 4 is 44.1 Å². The first-order valence-electron chi connectivity index (χ1n) is 13.5. The van der Waals surface area contributed by atoms with E-state index in [1.54, 1.807) is 11.3 Å². The summed E-state index contributed by atoms with van der Waals surface area (Å²) in [6.45, 7) is 0. The van der Waals surface area contributed by atoms with Gasteiger partial charge < -0.3 is 5.32 Å². The lowest BCUT2D eigenvalue weighted by molar-refractivity contribution is 0.858. The molecule has 0 saturated heterocycles. The van der Waals surface area contributed by atoms with E-state index in [1.165, 1.54) is 44.2 Å². The Morgan fingerprint density at radius 3 is 1.73 bits per heavy atom. The normalized spacial score (nSPS) is 14.6. The first kappa shape index (κ1) is 23.0. The molecule has 0 spiro atoms. The molecule has 0 fully saturated rings. The Balaban J connectivity index is 1.36. The van der Waals surface area contributed by atoms with E-state index in [0.29, 0.717) is 0 Å². The van der Waals surface area contributed by atoms with Gasteiger partial charge in [0.15, 0.2) is 0 Å². The summed E-state index contributed by atoms with van der Waals surface area (Å²) in [6.07, 6.45) is 0. The average Bonchev–Trinajstić information content (AvgIpc) is 3.64. The zero-order chi connectivity index (χ0) is 26.5. The standard InChI is InChI=1S/C36H25N3S/c1-3-11-24(12-4-1)26-21-27(25-13-5-2-6-14-25)23-28(22-26)34-31-19-20-40-35(31)38-36(37-34)39-32-17-9-7-15-29(32)30-16-8-10-18-33(30)39/h1-23,34H,(H,37,38). The van der Waals surface area contributed by atoms with Crippen LogP contribution >= 0.6 is 11.3 Å². The maximum Gasteiger partial charge on any atom is 0.209 e. The van der Waals surface area contributed by atoms with Crippen molar-refractivity contribution in [3.05, 3.63) is 150 Å². The van der Waals surface area contributed by atoms with E-state index in [9.17, 15) is 0 Å². The predicted molar refractivity (Wildman–Crippen MR) is 169 cm³/mol. The average molecular weight is 532 g/mol. The Bertz CT molecular complexity index is 1920. The number of rotatable bonds is 3. The molecule has 3 heterocycles. The second-order valence-corrected chi connectivity index (χ2v) is 11.0. The number of hydrogen-bond acceptors (Lipinski definition) is 3. The molecule has 1 unspecified atom stereocenters. The number of fused-ring (bicyclic) bond motifs is 4. The van der Waals surface area contributed by atoms with Crippen LogP contribution in [-0.4, -0.2) is 10.5 Å². The molecule has 2 aromatic heterocycles. The number of aliphatic imine (C=N–C) groups is 1. The molecule has 0 bridgehead atoms. The SMILES string of the molecule is c1ccc(-c2cc(-c3ccccc3)cc(C3N=C(n4c5ccccc5c5ccccc54)Nc4sccc43)c2)cc1. The number of para-hydroxylation sites is 2. The van der Waals surface area contributed by atoms with Crippen LogP contribution in [0, 0.1) is 0 Å². The summed E-state index contributed by atoms with van der Waals surface area (Å²) in [5.74, 6) is 0.851. The van der Waals surface area contributed by atoms with Gasteiger partial charge in [0.1, 0.15) is 11.0 Å². The fourth-order valence-electron chi connectivity index (χ4n) is 5.88. The molecule has 1 aliphatic rings. The lowest BCUT2D eigenvalue weighted by atomic mass is 9.91. The van der Waals surface area contributed by atoms with Crippen molar-refractivity contribution in [3.63, 3.8) is 0 Å². The molecule has 0 saturated carbocycles. The minimum absolute atomic E-state index is 0.136. The molecule has 7 aromatic rings. The lowest BCUT2D eigenvalue weighted by Crippen LogP contribution is -2.26. The zero-order valence-electron chi connectivity index (χ0n) is 21.7. The Morgan fingerprint density at radius 2 is 1.12 bits per heavy atom. The van der Waals surface area contributed by atoms with Crippen molar-refractivity contribution in [2.75, 3.05) is 5.32 Å². The molecule has 4 heteroatoms. The molecular weight excluding hydrogens is 506 g/mol. The molecule has 190 valence electrons. The topological polar surface area (TPSA) is 29.3 Å². The van der Waals surface area contributed by atoms with Crippen molar-refractivity contribution in [3.8, 4) is 22.3 Å². The van der Waals surface area contributed by atoms with Crippen molar-refractivity contribution in [1.29, 1.82) is 0 Å². The summed E-state index contributed by atoms with van der Waals surface area (Å²) < 4.78 is 2.28. The highest BCUT2D eigenvalue weighted by Gasteiger charge is 2.27. The number of thiophene rings is 1. The third-order valence-electron chi connectivity index (χ3n) is 7.74. The number of nitrogens with zero attached hydrogens (tertiary/aromatic N) is 2. The van der Waals surface area contributed by atoms with Crippen LogP contribution in [0.3, 0.4) is 0 Å². The Morgan fingerprint density at radius 1 is 0.575 bits per heavy atom. The van der Waals surface area contributed by atoms with Crippen LogP contribution < -0.4 is 5.32 Å².